The summed E-state index contributed by atoms with van der Waals surface area (Å²) in [5, 5.41) is 6.80. The van der Waals surface area contributed by atoms with Crippen LogP contribution in [0.15, 0.2) is 47.0 Å². The Bertz CT molecular complexity index is 943. The van der Waals surface area contributed by atoms with Crippen LogP contribution in [-0.4, -0.2) is 11.1 Å². The first-order valence-electron chi connectivity index (χ1n) is 9.04. The lowest BCUT2D eigenvalue weighted by molar-refractivity contribution is 0.101. The molecular formula is C22H24N2O3. The predicted octanol–water partition coefficient (Wildman–Crippen LogP) is 4.99. The number of aromatic nitrogens is 1. The first-order chi connectivity index (χ1) is 13.0. The Labute approximate surface area is 159 Å². The molecule has 0 aliphatic carbocycles. The molecule has 0 aliphatic heterocycles. The van der Waals surface area contributed by atoms with Crippen molar-refractivity contribution in [2.45, 2.75) is 40.7 Å². The molecule has 0 saturated carbocycles. The number of ether oxygens (including phenoxy) is 1. The van der Waals surface area contributed by atoms with Crippen molar-refractivity contribution in [1.82, 2.24) is 5.16 Å². The van der Waals surface area contributed by atoms with Gasteiger partial charge >= 0.3 is 0 Å². The lowest BCUT2D eigenvalue weighted by atomic mass is 10.1. The molecule has 5 heteroatoms. The van der Waals surface area contributed by atoms with E-state index in [9.17, 15) is 4.79 Å². The number of aryl methyl sites for hydroxylation is 3. The van der Waals surface area contributed by atoms with Crippen molar-refractivity contribution in [2.75, 3.05) is 5.32 Å². The lowest BCUT2D eigenvalue weighted by Gasteiger charge is -2.11. The molecule has 140 valence electrons. The molecule has 2 aromatic carbocycles. The third-order valence-corrected chi connectivity index (χ3v) is 4.75. The second-order valence-corrected chi connectivity index (χ2v) is 6.56. The maximum absolute atomic E-state index is 12.6. The standard InChI is InChI=1S/C22H24N2O3/c1-5-17-9-11-18(12-10-17)23-22(25)21-19(16(4)27-24-21)13-26-20-8-6-7-14(2)15(20)3/h6-12H,5,13H2,1-4H3,(H,23,25). The van der Waals surface area contributed by atoms with Crippen molar-refractivity contribution in [3.05, 3.63) is 76.2 Å². The number of hydrogen-bond donors (Lipinski definition) is 1. The Morgan fingerprint density at radius 2 is 1.85 bits per heavy atom. The number of rotatable bonds is 6. The Morgan fingerprint density at radius 3 is 2.56 bits per heavy atom. The number of amides is 1. The molecule has 3 rings (SSSR count). The normalized spacial score (nSPS) is 10.7. The first-order valence-corrected chi connectivity index (χ1v) is 9.04. The van der Waals surface area contributed by atoms with Crippen LogP contribution in [0.2, 0.25) is 0 Å². The third-order valence-electron chi connectivity index (χ3n) is 4.75. The number of anilines is 1. The molecule has 5 nitrogen and oxygen atoms in total. The summed E-state index contributed by atoms with van der Waals surface area (Å²) >= 11 is 0. The zero-order valence-electron chi connectivity index (χ0n) is 16.1. The Hall–Kier alpha value is -3.08. The van der Waals surface area contributed by atoms with E-state index in [1.165, 1.54) is 5.56 Å². The molecule has 1 amide bonds. The van der Waals surface area contributed by atoms with E-state index in [0.717, 1.165) is 29.0 Å². The summed E-state index contributed by atoms with van der Waals surface area (Å²) in [7, 11) is 0. The summed E-state index contributed by atoms with van der Waals surface area (Å²) in [5.74, 6) is 1.06. The highest BCUT2D eigenvalue weighted by Crippen LogP contribution is 2.24. The summed E-state index contributed by atoms with van der Waals surface area (Å²) in [6.45, 7) is 8.14. The minimum absolute atomic E-state index is 0.219. The minimum Gasteiger partial charge on any atom is -0.488 e. The largest absolute Gasteiger partial charge is 0.488 e. The van der Waals surface area contributed by atoms with Crippen LogP contribution in [0.4, 0.5) is 5.69 Å². The van der Waals surface area contributed by atoms with E-state index in [4.69, 9.17) is 9.26 Å². The van der Waals surface area contributed by atoms with Crippen molar-refractivity contribution in [3.63, 3.8) is 0 Å². The average molecular weight is 364 g/mol. The summed E-state index contributed by atoms with van der Waals surface area (Å²) in [6, 6.07) is 13.7. The van der Waals surface area contributed by atoms with Gasteiger partial charge in [-0.1, -0.05) is 36.3 Å². The fourth-order valence-corrected chi connectivity index (χ4v) is 2.78. The fraction of sp³-hybridized carbons (Fsp3) is 0.273. The van der Waals surface area contributed by atoms with Gasteiger partial charge in [0.2, 0.25) is 0 Å². The average Bonchev–Trinajstić information content (AvgIpc) is 3.04. The van der Waals surface area contributed by atoms with Crippen LogP contribution < -0.4 is 10.1 Å². The van der Waals surface area contributed by atoms with E-state index in [1.54, 1.807) is 6.92 Å². The van der Waals surface area contributed by atoms with E-state index < -0.39 is 0 Å². The summed E-state index contributed by atoms with van der Waals surface area (Å²) in [6.07, 6.45) is 0.955. The van der Waals surface area contributed by atoms with Crippen molar-refractivity contribution >= 4 is 11.6 Å². The van der Waals surface area contributed by atoms with Gasteiger partial charge in [-0.05, 0) is 62.1 Å². The Kier molecular flexibility index (Phi) is 5.60. The van der Waals surface area contributed by atoms with Gasteiger partial charge in [-0.25, -0.2) is 0 Å². The molecule has 0 aliphatic rings. The molecule has 0 bridgehead atoms. The van der Waals surface area contributed by atoms with E-state index in [2.05, 4.69) is 17.4 Å². The van der Waals surface area contributed by atoms with Gasteiger partial charge in [-0.3, -0.25) is 4.79 Å². The summed E-state index contributed by atoms with van der Waals surface area (Å²) in [4.78, 5) is 12.6. The second kappa shape index (κ2) is 8.08. The maximum atomic E-state index is 12.6. The minimum atomic E-state index is -0.310. The van der Waals surface area contributed by atoms with Crippen LogP contribution in [0.5, 0.6) is 5.75 Å². The summed E-state index contributed by atoms with van der Waals surface area (Å²) < 4.78 is 11.2. The quantitative estimate of drug-likeness (QED) is 0.669. The number of hydrogen-bond acceptors (Lipinski definition) is 4. The van der Waals surface area contributed by atoms with Crippen molar-refractivity contribution in [3.8, 4) is 5.75 Å². The van der Waals surface area contributed by atoms with Crippen molar-refractivity contribution in [1.29, 1.82) is 0 Å². The van der Waals surface area contributed by atoms with Crippen LogP contribution >= 0.6 is 0 Å². The van der Waals surface area contributed by atoms with E-state index in [0.29, 0.717) is 11.3 Å². The smallest absolute Gasteiger partial charge is 0.278 e. The van der Waals surface area contributed by atoms with Gasteiger partial charge in [-0.2, -0.15) is 0 Å². The number of carbonyl (C=O) groups is 1. The molecule has 0 atom stereocenters. The molecule has 1 aromatic heterocycles. The van der Waals surface area contributed by atoms with Crippen LogP contribution in [0.1, 0.15) is 45.4 Å². The third kappa shape index (κ3) is 4.19. The lowest BCUT2D eigenvalue weighted by Crippen LogP contribution is -2.15. The zero-order valence-corrected chi connectivity index (χ0v) is 16.1. The van der Waals surface area contributed by atoms with E-state index in [1.807, 2.05) is 56.3 Å². The molecular weight excluding hydrogens is 340 g/mol. The van der Waals surface area contributed by atoms with Crippen LogP contribution in [0.3, 0.4) is 0 Å². The van der Waals surface area contributed by atoms with Crippen LogP contribution in [-0.2, 0) is 13.0 Å². The summed E-state index contributed by atoms with van der Waals surface area (Å²) in [5.41, 5.74) is 5.07. The van der Waals surface area contributed by atoms with Crippen molar-refractivity contribution < 1.29 is 14.1 Å². The van der Waals surface area contributed by atoms with Gasteiger partial charge in [-0.15, -0.1) is 0 Å². The second-order valence-electron chi connectivity index (χ2n) is 6.56. The molecule has 0 radical (unpaired) electrons. The van der Waals surface area contributed by atoms with Crippen LogP contribution in [0.25, 0.3) is 0 Å². The van der Waals surface area contributed by atoms with Gasteiger partial charge in [0, 0.05) is 5.69 Å². The molecule has 0 saturated heterocycles. The van der Waals surface area contributed by atoms with Gasteiger partial charge in [0.05, 0.1) is 5.56 Å². The van der Waals surface area contributed by atoms with Gasteiger partial charge in [0.25, 0.3) is 5.91 Å². The zero-order chi connectivity index (χ0) is 19.4. The van der Waals surface area contributed by atoms with Gasteiger partial charge in [0.1, 0.15) is 18.1 Å². The molecule has 0 spiro atoms. The molecule has 0 unspecified atom stereocenters. The number of benzene rings is 2. The topological polar surface area (TPSA) is 64.4 Å². The highest BCUT2D eigenvalue weighted by Gasteiger charge is 2.21. The van der Waals surface area contributed by atoms with Gasteiger partial charge < -0.3 is 14.6 Å². The van der Waals surface area contributed by atoms with Gasteiger partial charge in [0.15, 0.2) is 5.69 Å². The fourth-order valence-electron chi connectivity index (χ4n) is 2.78. The van der Waals surface area contributed by atoms with E-state index >= 15 is 0 Å². The van der Waals surface area contributed by atoms with E-state index in [-0.39, 0.29) is 18.2 Å². The number of nitrogens with zero attached hydrogens (tertiary/aromatic N) is 1. The van der Waals surface area contributed by atoms with Crippen molar-refractivity contribution in [2.24, 2.45) is 0 Å². The highest BCUT2D eigenvalue weighted by molar-refractivity contribution is 6.03. The molecule has 3 aromatic rings. The maximum Gasteiger partial charge on any atom is 0.278 e. The number of carbonyl (C=O) groups excluding carboxylic acids is 1. The monoisotopic (exact) mass is 364 g/mol. The van der Waals surface area contributed by atoms with Crippen LogP contribution in [0, 0.1) is 20.8 Å². The Balaban J connectivity index is 1.75. The predicted molar refractivity (Wildman–Crippen MR) is 105 cm³/mol. The molecule has 1 N–H and O–H groups in total. The molecule has 1 heterocycles. The highest BCUT2D eigenvalue weighted by atomic mass is 16.5. The molecule has 27 heavy (non-hydrogen) atoms. The molecule has 0 fully saturated rings. The number of nitrogens with one attached hydrogen (secondary N) is 1. The first kappa shape index (κ1) is 18.7. The Morgan fingerprint density at radius 1 is 1.11 bits per heavy atom. The SMILES string of the molecule is CCc1ccc(NC(=O)c2noc(C)c2COc2cccc(C)c2C)cc1.